The molecule has 2 N–H and O–H groups in total. The molecule has 0 fully saturated rings. The van der Waals surface area contributed by atoms with Crippen LogP contribution in [0.4, 0.5) is 0 Å². The molecule has 3 nitrogen and oxygen atoms in total. The second-order valence-corrected chi connectivity index (χ2v) is 3.98. The van der Waals surface area contributed by atoms with Crippen molar-refractivity contribution < 1.29 is 9.90 Å². The van der Waals surface area contributed by atoms with Gasteiger partial charge in [-0.15, -0.1) is 0 Å². The van der Waals surface area contributed by atoms with Crippen molar-refractivity contribution in [2.75, 3.05) is 7.05 Å². The number of hydrogen-bond donors (Lipinski definition) is 2. The molecular weight excluding hydrogens is 154 g/mol. The molecule has 12 heavy (non-hydrogen) atoms. The molecule has 0 aliphatic rings. The van der Waals surface area contributed by atoms with Crippen LogP contribution in [0.15, 0.2) is 0 Å². The van der Waals surface area contributed by atoms with Gasteiger partial charge in [-0.2, -0.15) is 0 Å². The molecule has 1 atom stereocenters. The molecule has 0 aromatic heterocycles. The van der Waals surface area contributed by atoms with E-state index in [1.807, 2.05) is 14.0 Å². The van der Waals surface area contributed by atoms with Gasteiger partial charge in [0.05, 0.1) is 6.42 Å². The van der Waals surface area contributed by atoms with Crippen molar-refractivity contribution in [3.63, 3.8) is 0 Å². The third-order valence-corrected chi connectivity index (χ3v) is 2.00. The average molecular weight is 173 g/mol. The van der Waals surface area contributed by atoms with Crippen LogP contribution in [0, 0.1) is 5.92 Å². The van der Waals surface area contributed by atoms with Gasteiger partial charge < -0.3 is 10.4 Å². The van der Waals surface area contributed by atoms with Gasteiger partial charge in [-0.25, -0.2) is 0 Å². The van der Waals surface area contributed by atoms with Crippen molar-refractivity contribution in [1.82, 2.24) is 5.32 Å². The second kappa shape index (κ2) is 4.45. The highest BCUT2D eigenvalue weighted by Gasteiger charge is 2.25. The first-order valence-corrected chi connectivity index (χ1v) is 4.30. The first kappa shape index (κ1) is 11.4. The fraction of sp³-hybridized carbons (Fsp3) is 0.889. The van der Waals surface area contributed by atoms with Crippen molar-refractivity contribution in [2.24, 2.45) is 5.92 Å². The third kappa shape index (κ3) is 4.34. The Hall–Kier alpha value is -0.570. The molecule has 0 heterocycles. The maximum absolute atomic E-state index is 10.5. The molecule has 0 aromatic carbocycles. The van der Waals surface area contributed by atoms with Crippen LogP contribution in [0.3, 0.4) is 0 Å². The summed E-state index contributed by atoms with van der Waals surface area (Å²) in [4.78, 5) is 10.5. The molecule has 0 saturated heterocycles. The summed E-state index contributed by atoms with van der Waals surface area (Å²) in [7, 11) is 1.81. The fourth-order valence-corrected chi connectivity index (χ4v) is 1.50. The number of aliphatic carboxylic acids is 1. The van der Waals surface area contributed by atoms with Crippen LogP contribution in [0.1, 0.15) is 33.6 Å². The quantitative estimate of drug-likeness (QED) is 0.662. The zero-order valence-corrected chi connectivity index (χ0v) is 8.35. The van der Waals surface area contributed by atoms with Gasteiger partial charge in [0.2, 0.25) is 0 Å². The normalized spacial score (nSPS) is 16.1. The Morgan fingerprint density at radius 1 is 1.58 bits per heavy atom. The Balaban J connectivity index is 4.13. The second-order valence-electron chi connectivity index (χ2n) is 3.98. The first-order valence-electron chi connectivity index (χ1n) is 4.30. The Morgan fingerprint density at radius 3 is 2.33 bits per heavy atom. The Labute approximate surface area is 74.2 Å². The number of carboxylic acids is 1. The SMILES string of the molecule is CNC(C)(CC(=O)O)CC(C)C. The lowest BCUT2D eigenvalue weighted by Gasteiger charge is -2.29. The highest BCUT2D eigenvalue weighted by molar-refractivity contribution is 5.68. The Bertz CT molecular complexity index is 157. The van der Waals surface area contributed by atoms with Gasteiger partial charge in [-0.3, -0.25) is 4.79 Å². The molecule has 0 bridgehead atoms. The summed E-state index contributed by atoms with van der Waals surface area (Å²) in [5, 5.41) is 11.7. The van der Waals surface area contributed by atoms with Crippen molar-refractivity contribution in [3.05, 3.63) is 0 Å². The summed E-state index contributed by atoms with van der Waals surface area (Å²) in [6.45, 7) is 6.13. The van der Waals surface area contributed by atoms with Crippen LogP contribution in [0.5, 0.6) is 0 Å². The van der Waals surface area contributed by atoms with Crippen molar-refractivity contribution >= 4 is 5.97 Å². The topological polar surface area (TPSA) is 49.3 Å². The van der Waals surface area contributed by atoms with E-state index in [0.717, 1.165) is 6.42 Å². The van der Waals surface area contributed by atoms with Gasteiger partial charge in [0.15, 0.2) is 0 Å². The molecule has 0 radical (unpaired) electrons. The molecule has 3 heteroatoms. The van der Waals surface area contributed by atoms with Crippen LogP contribution in [0.25, 0.3) is 0 Å². The summed E-state index contributed by atoms with van der Waals surface area (Å²) in [6.07, 6.45) is 1.07. The zero-order chi connectivity index (χ0) is 9.78. The monoisotopic (exact) mass is 173 g/mol. The highest BCUT2D eigenvalue weighted by Crippen LogP contribution is 2.19. The molecule has 0 aliphatic heterocycles. The molecule has 0 rings (SSSR count). The minimum atomic E-state index is -0.743. The van der Waals surface area contributed by atoms with E-state index < -0.39 is 5.97 Å². The number of rotatable bonds is 5. The summed E-state index contributed by atoms with van der Waals surface area (Å²) in [5.74, 6) is -0.227. The fourth-order valence-electron chi connectivity index (χ4n) is 1.50. The minimum absolute atomic E-state index is 0.182. The molecule has 0 aromatic rings. The molecule has 1 unspecified atom stereocenters. The molecule has 0 saturated carbocycles. The lowest BCUT2D eigenvalue weighted by Crippen LogP contribution is -2.42. The molecule has 0 spiro atoms. The maximum Gasteiger partial charge on any atom is 0.305 e. The number of carbonyl (C=O) groups is 1. The van der Waals surface area contributed by atoms with E-state index in [0.29, 0.717) is 5.92 Å². The van der Waals surface area contributed by atoms with Crippen LogP contribution in [-0.4, -0.2) is 23.7 Å². The third-order valence-electron chi connectivity index (χ3n) is 2.00. The van der Waals surface area contributed by atoms with Crippen molar-refractivity contribution in [1.29, 1.82) is 0 Å². The van der Waals surface area contributed by atoms with E-state index in [2.05, 4.69) is 19.2 Å². The van der Waals surface area contributed by atoms with Gasteiger partial charge in [0.25, 0.3) is 0 Å². The number of carboxylic acid groups (broad SMARTS) is 1. The van der Waals surface area contributed by atoms with E-state index in [9.17, 15) is 4.79 Å². The van der Waals surface area contributed by atoms with Crippen molar-refractivity contribution in [3.8, 4) is 0 Å². The summed E-state index contributed by atoms with van der Waals surface area (Å²) in [6, 6.07) is 0. The molecule has 72 valence electrons. The lowest BCUT2D eigenvalue weighted by molar-refractivity contribution is -0.138. The zero-order valence-electron chi connectivity index (χ0n) is 8.35. The van der Waals surface area contributed by atoms with Gasteiger partial charge in [0.1, 0.15) is 0 Å². The Kier molecular flexibility index (Phi) is 4.24. The van der Waals surface area contributed by atoms with E-state index in [-0.39, 0.29) is 12.0 Å². The largest absolute Gasteiger partial charge is 0.481 e. The van der Waals surface area contributed by atoms with Gasteiger partial charge in [0, 0.05) is 5.54 Å². The van der Waals surface area contributed by atoms with E-state index >= 15 is 0 Å². The summed E-state index contributed by atoms with van der Waals surface area (Å²) in [5.41, 5.74) is -0.264. The van der Waals surface area contributed by atoms with Crippen LogP contribution < -0.4 is 5.32 Å². The van der Waals surface area contributed by atoms with E-state index in [1.54, 1.807) is 0 Å². The number of nitrogens with one attached hydrogen (secondary N) is 1. The number of hydrogen-bond acceptors (Lipinski definition) is 2. The predicted octanol–water partition coefficient (Wildman–Crippen LogP) is 1.49. The smallest absolute Gasteiger partial charge is 0.305 e. The molecule has 0 aliphatic carbocycles. The summed E-state index contributed by atoms with van der Waals surface area (Å²) < 4.78 is 0. The average Bonchev–Trinajstić information content (AvgIpc) is 1.83. The van der Waals surface area contributed by atoms with Crippen LogP contribution in [0.2, 0.25) is 0 Å². The van der Waals surface area contributed by atoms with Gasteiger partial charge in [-0.1, -0.05) is 13.8 Å². The van der Waals surface area contributed by atoms with Gasteiger partial charge in [-0.05, 0) is 26.3 Å². The van der Waals surface area contributed by atoms with Crippen LogP contribution >= 0.6 is 0 Å². The maximum atomic E-state index is 10.5. The predicted molar refractivity (Wildman–Crippen MR) is 49.2 cm³/mol. The highest BCUT2D eigenvalue weighted by atomic mass is 16.4. The lowest BCUT2D eigenvalue weighted by atomic mass is 9.88. The van der Waals surface area contributed by atoms with Gasteiger partial charge >= 0.3 is 5.97 Å². The van der Waals surface area contributed by atoms with E-state index in [1.165, 1.54) is 0 Å². The van der Waals surface area contributed by atoms with Crippen LogP contribution in [-0.2, 0) is 4.79 Å². The van der Waals surface area contributed by atoms with E-state index in [4.69, 9.17) is 5.11 Å². The molecule has 0 amide bonds. The minimum Gasteiger partial charge on any atom is -0.481 e. The summed E-state index contributed by atoms with van der Waals surface area (Å²) >= 11 is 0. The standard InChI is InChI=1S/C9H19NO2/c1-7(2)5-9(3,10-4)6-8(11)12/h7,10H,5-6H2,1-4H3,(H,11,12). The molecular formula is C9H19NO2. The van der Waals surface area contributed by atoms with Crippen molar-refractivity contribution in [2.45, 2.75) is 39.2 Å². The first-order chi connectivity index (χ1) is 5.39. The Morgan fingerprint density at radius 2 is 2.08 bits per heavy atom.